The fourth-order valence-corrected chi connectivity index (χ4v) is 6.08. The van der Waals surface area contributed by atoms with Gasteiger partial charge in [0.1, 0.15) is 0 Å². The number of alkyl carbamates (subject to hydrolysis) is 1. The summed E-state index contributed by atoms with van der Waals surface area (Å²) in [5, 5.41) is 2.54. The molecule has 0 spiro atoms. The second-order valence-corrected chi connectivity index (χ2v) is 12.0. The van der Waals surface area contributed by atoms with E-state index in [1.807, 2.05) is 23.1 Å². The molecule has 0 bridgehead atoms. The number of carbonyl (C=O) groups is 2. The van der Waals surface area contributed by atoms with Crippen molar-refractivity contribution in [3.63, 3.8) is 0 Å². The van der Waals surface area contributed by atoms with Crippen LogP contribution in [-0.2, 0) is 16.0 Å². The molecule has 2 aromatic carbocycles. The van der Waals surface area contributed by atoms with Gasteiger partial charge in [-0.1, -0.05) is 0 Å². The van der Waals surface area contributed by atoms with Gasteiger partial charge < -0.3 is 0 Å². The number of hydrogen-bond acceptors (Lipinski definition) is 5. The summed E-state index contributed by atoms with van der Waals surface area (Å²) in [6.45, 7) is 6.05. The van der Waals surface area contributed by atoms with Crippen LogP contribution in [0.5, 0.6) is 0 Å². The van der Waals surface area contributed by atoms with E-state index >= 15 is 0 Å². The van der Waals surface area contributed by atoms with E-state index in [4.69, 9.17) is 9.72 Å². The van der Waals surface area contributed by atoms with Gasteiger partial charge in [0.15, 0.2) is 0 Å². The molecule has 1 amide bonds. The fourth-order valence-electron chi connectivity index (χ4n) is 3.96. The SMILES string of the molecule is CC(C)(C)OC(=O)NCC(=O)CN1CCCc2cc([Se]c3ccccc3)c(-c3ccc(F)cc3)nc21. The zero-order chi connectivity index (χ0) is 25.7. The zero-order valence-electron chi connectivity index (χ0n) is 20.7. The number of fused-ring (bicyclic) bond motifs is 1. The molecule has 36 heavy (non-hydrogen) atoms. The molecule has 8 heteroatoms. The third kappa shape index (κ3) is 6.93. The van der Waals surface area contributed by atoms with E-state index < -0.39 is 11.7 Å². The van der Waals surface area contributed by atoms with Gasteiger partial charge in [-0.25, -0.2) is 0 Å². The van der Waals surface area contributed by atoms with Crippen molar-refractivity contribution in [2.45, 2.75) is 39.2 Å². The third-order valence-corrected chi connectivity index (χ3v) is 7.68. The van der Waals surface area contributed by atoms with Crippen molar-refractivity contribution in [2.24, 2.45) is 0 Å². The molecule has 0 aliphatic carbocycles. The van der Waals surface area contributed by atoms with E-state index in [2.05, 4.69) is 23.5 Å². The van der Waals surface area contributed by atoms with Gasteiger partial charge in [0.05, 0.1) is 0 Å². The minimum atomic E-state index is -0.626. The number of rotatable bonds is 7. The van der Waals surface area contributed by atoms with Crippen LogP contribution in [0.1, 0.15) is 32.8 Å². The third-order valence-electron chi connectivity index (χ3n) is 5.50. The standard InChI is InChI=1S/C28H30FN3O3Se/c1-28(2,3)35-27(34)30-17-22(33)18-32-15-7-8-20-16-24(36-23-9-5-4-6-10-23)25(31-26(20)32)19-11-13-21(29)14-12-19/h4-6,9-14,16H,7-8,15,17-18H2,1-3H3,(H,30,34). The molecule has 0 atom stereocenters. The van der Waals surface area contributed by atoms with E-state index in [1.165, 1.54) is 16.6 Å². The van der Waals surface area contributed by atoms with Crippen molar-refractivity contribution in [1.82, 2.24) is 10.3 Å². The molecule has 2 heterocycles. The second kappa shape index (κ2) is 11.2. The predicted octanol–water partition coefficient (Wildman–Crippen LogP) is 3.39. The van der Waals surface area contributed by atoms with Crippen LogP contribution >= 0.6 is 0 Å². The molecule has 0 saturated heterocycles. The molecule has 0 unspecified atom stereocenters. The number of benzene rings is 2. The van der Waals surface area contributed by atoms with Crippen molar-refractivity contribution in [3.05, 3.63) is 72.0 Å². The van der Waals surface area contributed by atoms with Crippen LogP contribution in [0.15, 0.2) is 60.7 Å². The van der Waals surface area contributed by atoms with Gasteiger partial charge in [-0.3, -0.25) is 0 Å². The number of anilines is 1. The Balaban J connectivity index is 1.58. The molecule has 1 aliphatic rings. The molecule has 1 aliphatic heterocycles. The number of aromatic nitrogens is 1. The predicted molar refractivity (Wildman–Crippen MR) is 141 cm³/mol. The summed E-state index contributed by atoms with van der Waals surface area (Å²) in [7, 11) is 0. The molecule has 0 fully saturated rings. The number of carbonyl (C=O) groups excluding carboxylic acids is 2. The topological polar surface area (TPSA) is 71.5 Å². The summed E-state index contributed by atoms with van der Waals surface area (Å²) >= 11 is 0.0163. The van der Waals surface area contributed by atoms with Crippen molar-refractivity contribution in [2.75, 3.05) is 24.5 Å². The Labute approximate surface area is 217 Å². The number of aryl methyl sites for hydroxylation is 1. The Hall–Kier alpha value is -3.22. The van der Waals surface area contributed by atoms with Crippen molar-refractivity contribution in [1.29, 1.82) is 0 Å². The minimum absolute atomic E-state index is 0.0163. The van der Waals surface area contributed by atoms with Crippen LogP contribution in [-0.4, -0.2) is 57.1 Å². The number of hydrogen-bond donors (Lipinski definition) is 1. The summed E-state index contributed by atoms with van der Waals surface area (Å²) in [4.78, 5) is 31.7. The van der Waals surface area contributed by atoms with Gasteiger partial charge in [0, 0.05) is 0 Å². The van der Waals surface area contributed by atoms with E-state index in [9.17, 15) is 14.0 Å². The monoisotopic (exact) mass is 555 g/mol. The molecular formula is C28H30FN3O3Se. The van der Waals surface area contributed by atoms with Crippen molar-refractivity contribution < 1.29 is 18.7 Å². The van der Waals surface area contributed by atoms with Gasteiger partial charge in [-0.15, -0.1) is 0 Å². The van der Waals surface area contributed by atoms with Gasteiger partial charge in [-0.05, 0) is 20.8 Å². The van der Waals surface area contributed by atoms with Crippen LogP contribution in [0.4, 0.5) is 15.0 Å². The molecule has 0 saturated carbocycles. The van der Waals surface area contributed by atoms with Gasteiger partial charge >= 0.3 is 197 Å². The molecule has 3 aromatic rings. The molecule has 1 N–H and O–H groups in total. The van der Waals surface area contributed by atoms with Crippen LogP contribution in [0.3, 0.4) is 0 Å². The van der Waals surface area contributed by atoms with Gasteiger partial charge in [0.25, 0.3) is 0 Å². The molecule has 4 rings (SSSR count). The summed E-state index contributed by atoms with van der Waals surface area (Å²) < 4.78 is 21.2. The molecule has 6 nitrogen and oxygen atoms in total. The first-order valence-corrected chi connectivity index (χ1v) is 13.7. The molecular weight excluding hydrogens is 524 g/mol. The zero-order valence-corrected chi connectivity index (χ0v) is 22.4. The first kappa shape index (κ1) is 25.9. The summed E-state index contributed by atoms with van der Waals surface area (Å²) in [5.41, 5.74) is 2.13. The number of ketones is 1. The van der Waals surface area contributed by atoms with E-state index in [0.29, 0.717) is 6.54 Å². The van der Waals surface area contributed by atoms with Crippen LogP contribution in [0.25, 0.3) is 11.3 Å². The Bertz CT molecular complexity index is 1230. The molecule has 0 radical (unpaired) electrons. The number of ether oxygens (including phenoxy) is 1. The average Bonchev–Trinajstić information content (AvgIpc) is 2.83. The van der Waals surface area contributed by atoms with Gasteiger partial charge in [-0.2, -0.15) is 0 Å². The maximum atomic E-state index is 13.6. The summed E-state index contributed by atoms with van der Waals surface area (Å²) in [6.07, 6.45) is 1.18. The van der Waals surface area contributed by atoms with Crippen LogP contribution < -0.4 is 19.1 Å². The average molecular weight is 555 g/mol. The van der Waals surface area contributed by atoms with Crippen LogP contribution in [0, 0.1) is 5.82 Å². The van der Waals surface area contributed by atoms with E-state index in [1.54, 1.807) is 32.9 Å². The Morgan fingerprint density at radius 1 is 1.11 bits per heavy atom. The number of amides is 1. The number of halogens is 1. The Morgan fingerprint density at radius 2 is 1.83 bits per heavy atom. The van der Waals surface area contributed by atoms with Crippen LogP contribution in [0.2, 0.25) is 0 Å². The number of pyridine rings is 1. The summed E-state index contributed by atoms with van der Waals surface area (Å²) in [6, 6.07) is 18.8. The number of Topliss-reactive ketones (excluding diaryl/α,β-unsaturated/α-hetero) is 1. The van der Waals surface area contributed by atoms with Crippen molar-refractivity contribution >= 4 is 41.6 Å². The first-order chi connectivity index (χ1) is 17.2. The van der Waals surface area contributed by atoms with E-state index in [-0.39, 0.29) is 39.6 Å². The maximum absolute atomic E-state index is 13.6. The fraction of sp³-hybridized carbons (Fsp3) is 0.321. The Kier molecular flexibility index (Phi) is 8.07. The number of nitrogens with one attached hydrogen (secondary N) is 1. The summed E-state index contributed by atoms with van der Waals surface area (Å²) in [5.74, 6) is 0.353. The molecule has 1 aromatic heterocycles. The second-order valence-electron chi connectivity index (χ2n) is 9.66. The first-order valence-electron chi connectivity index (χ1n) is 11.9. The quantitative estimate of drug-likeness (QED) is 0.454. The Morgan fingerprint density at radius 3 is 2.53 bits per heavy atom. The normalized spacial score (nSPS) is 13.2. The molecule has 188 valence electrons. The van der Waals surface area contributed by atoms with Gasteiger partial charge in [0.2, 0.25) is 0 Å². The van der Waals surface area contributed by atoms with Crippen molar-refractivity contribution in [3.8, 4) is 11.3 Å². The number of nitrogens with zero attached hydrogens (tertiary/aromatic N) is 2. The van der Waals surface area contributed by atoms with E-state index in [0.717, 1.165) is 39.9 Å².